The SMILES string of the molecule is COc1cccc(CN[C@@H](C)[C@H]2CCCO2)c1OC. The van der Waals surface area contributed by atoms with Crippen LogP contribution >= 0.6 is 0 Å². The van der Waals surface area contributed by atoms with Crippen molar-refractivity contribution in [3.8, 4) is 11.5 Å². The predicted molar refractivity (Wildman–Crippen MR) is 74.8 cm³/mol. The van der Waals surface area contributed by atoms with E-state index in [1.807, 2.05) is 12.1 Å². The summed E-state index contributed by atoms with van der Waals surface area (Å²) in [4.78, 5) is 0. The van der Waals surface area contributed by atoms with Crippen LogP contribution in [0.15, 0.2) is 18.2 Å². The molecule has 106 valence electrons. The van der Waals surface area contributed by atoms with E-state index in [2.05, 4.69) is 18.3 Å². The lowest BCUT2D eigenvalue weighted by molar-refractivity contribution is 0.0831. The van der Waals surface area contributed by atoms with Crippen LogP contribution in [0, 0.1) is 0 Å². The van der Waals surface area contributed by atoms with E-state index in [0.29, 0.717) is 12.1 Å². The number of para-hydroxylation sites is 1. The molecule has 1 N–H and O–H groups in total. The Hall–Kier alpha value is -1.26. The summed E-state index contributed by atoms with van der Waals surface area (Å²) in [5, 5.41) is 3.51. The molecule has 0 saturated carbocycles. The summed E-state index contributed by atoms with van der Waals surface area (Å²) in [6.45, 7) is 3.81. The van der Waals surface area contributed by atoms with Crippen molar-refractivity contribution in [2.24, 2.45) is 0 Å². The molecule has 1 aliphatic heterocycles. The summed E-state index contributed by atoms with van der Waals surface area (Å²) < 4.78 is 16.4. The molecule has 0 spiro atoms. The Morgan fingerprint density at radius 3 is 2.84 bits per heavy atom. The number of methoxy groups -OCH3 is 2. The first kappa shape index (κ1) is 14.2. The molecule has 2 atom stereocenters. The highest BCUT2D eigenvalue weighted by molar-refractivity contribution is 5.46. The lowest BCUT2D eigenvalue weighted by atomic mass is 10.1. The minimum Gasteiger partial charge on any atom is -0.493 e. The Balaban J connectivity index is 1.98. The highest BCUT2D eigenvalue weighted by atomic mass is 16.5. The second-order valence-corrected chi connectivity index (χ2v) is 4.87. The largest absolute Gasteiger partial charge is 0.493 e. The van der Waals surface area contributed by atoms with Crippen LogP contribution in [0.2, 0.25) is 0 Å². The van der Waals surface area contributed by atoms with E-state index in [4.69, 9.17) is 14.2 Å². The van der Waals surface area contributed by atoms with Crippen LogP contribution in [0.25, 0.3) is 0 Å². The topological polar surface area (TPSA) is 39.7 Å². The number of hydrogen-bond donors (Lipinski definition) is 1. The predicted octanol–water partition coefficient (Wildman–Crippen LogP) is 2.36. The average Bonchev–Trinajstić information content (AvgIpc) is 2.98. The fourth-order valence-electron chi connectivity index (χ4n) is 2.49. The van der Waals surface area contributed by atoms with Gasteiger partial charge in [-0.15, -0.1) is 0 Å². The van der Waals surface area contributed by atoms with E-state index >= 15 is 0 Å². The first-order chi connectivity index (χ1) is 9.26. The maximum absolute atomic E-state index is 5.69. The van der Waals surface area contributed by atoms with Crippen molar-refractivity contribution in [2.75, 3.05) is 20.8 Å². The molecule has 0 aromatic heterocycles. The molecule has 0 aliphatic carbocycles. The fourth-order valence-corrected chi connectivity index (χ4v) is 2.49. The van der Waals surface area contributed by atoms with Crippen LogP contribution in [0.4, 0.5) is 0 Å². The summed E-state index contributed by atoms with van der Waals surface area (Å²) in [5.41, 5.74) is 1.10. The van der Waals surface area contributed by atoms with Gasteiger partial charge >= 0.3 is 0 Å². The van der Waals surface area contributed by atoms with Gasteiger partial charge < -0.3 is 19.5 Å². The van der Waals surface area contributed by atoms with Gasteiger partial charge in [-0.2, -0.15) is 0 Å². The minimum atomic E-state index is 0.330. The number of benzene rings is 1. The summed E-state index contributed by atoms with van der Waals surface area (Å²) in [5.74, 6) is 1.57. The lowest BCUT2D eigenvalue weighted by Gasteiger charge is -2.21. The van der Waals surface area contributed by atoms with Crippen molar-refractivity contribution < 1.29 is 14.2 Å². The Kier molecular flexibility index (Phi) is 5.05. The van der Waals surface area contributed by atoms with E-state index in [1.54, 1.807) is 14.2 Å². The van der Waals surface area contributed by atoms with Gasteiger partial charge in [0.05, 0.1) is 20.3 Å². The Bertz CT molecular complexity index is 402. The molecule has 1 aliphatic rings. The first-order valence-electron chi connectivity index (χ1n) is 6.81. The zero-order chi connectivity index (χ0) is 13.7. The lowest BCUT2D eigenvalue weighted by Crippen LogP contribution is -2.36. The molecular formula is C15H23NO3. The van der Waals surface area contributed by atoms with E-state index in [1.165, 1.54) is 6.42 Å². The van der Waals surface area contributed by atoms with Gasteiger partial charge in [0.1, 0.15) is 0 Å². The van der Waals surface area contributed by atoms with Crippen molar-refractivity contribution in [3.05, 3.63) is 23.8 Å². The van der Waals surface area contributed by atoms with E-state index in [-0.39, 0.29) is 0 Å². The van der Waals surface area contributed by atoms with Crippen LogP contribution in [-0.4, -0.2) is 33.0 Å². The first-order valence-corrected chi connectivity index (χ1v) is 6.81. The maximum atomic E-state index is 5.69. The summed E-state index contributed by atoms with van der Waals surface area (Å²) >= 11 is 0. The highest BCUT2D eigenvalue weighted by Crippen LogP contribution is 2.30. The summed E-state index contributed by atoms with van der Waals surface area (Å²) in [6, 6.07) is 6.29. The van der Waals surface area contributed by atoms with Crippen molar-refractivity contribution in [2.45, 2.75) is 38.5 Å². The number of ether oxygens (including phenoxy) is 3. The van der Waals surface area contributed by atoms with Gasteiger partial charge in [-0.1, -0.05) is 12.1 Å². The molecule has 1 saturated heterocycles. The molecule has 2 rings (SSSR count). The van der Waals surface area contributed by atoms with E-state index in [9.17, 15) is 0 Å². The minimum absolute atomic E-state index is 0.330. The molecule has 4 heteroatoms. The van der Waals surface area contributed by atoms with Gasteiger partial charge in [-0.25, -0.2) is 0 Å². The number of hydrogen-bond acceptors (Lipinski definition) is 4. The smallest absolute Gasteiger partial charge is 0.165 e. The second-order valence-electron chi connectivity index (χ2n) is 4.87. The molecule has 4 nitrogen and oxygen atoms in total. The Morgan fingerprint density at radius 2 is 2.21 bits per heavy atom. The number of nitrogens with one attached hydrogen (secondary N) is 1. The zero-order valence-electron chi connectivity index (χ0n) is 11.9. The van der Waals surface area contributed by atoms with Gasteiger partial charge in [0, 0.05) is 24.8 Å². The van der Waals surface area contributed by atoms with Crippen molar-refractivity contribution in [1.29, 1.82) is 0 Å². The number of rotatable bonds is 6. The zero-order valence-corrected chi connectivity index (χ0v) is 11.9. The Labute approximate surface area is 115 Å². The molecule has 1 aromatic carbocycles. The highest BCUT2D eigenvalue weighted by Gasteiger charge is 2.22. The normalized spacial score (nSPS) is 20.3. The molecule has 0 bridgehead atoms. The monoisotopic (exact) mass is 265 g/mol. The van der Waals surface area contributed by atoms with Crippen LogP contribution < -0.4 is 14.8 Å². The molecule has 0 radical (unpaired) electrons. The molecule has 1 heterocycles. The van der Waals surface area contributed by atoms with Crippen molar-refractivity contribution in [3.63, 3.8) is 0 Å². The third-order valence-corrected chi connectivity index (χ3v) is 3.62. The van der Waals surface area contributed by atoms with Gasteiger partial charge in [0.2, 0.25) is 0 Å². The van der Waals surface area contributed by atoms with Gasteiger partial charge in [0.25, 0.3) is 0 Å². The summed E-state index contributed by atoms with van der Waals surface area (Å²) in [6.07, 6.45) is 2.64. The van der Waals surface area contributed by atoms with Crippen LogP contribution in [0.5, 0.6) is 11.5 Å². The summed E-state index contributed by atoms with van der Waals surface area (Å²) in [7, 11) is 3.33. The quantitative estimate of drug-likeness (QED) is 0.857. The molecule has 0 unspecified atom stereocenters. The van der Waals surface area contributed by atoms with E-state index < -0.39 is 0 Å². The maximum Gasteiger partial charge on any atom is 0.165 e. The van der Waals surface area contributed by atoms with Gasteiger partial charge in [-0.05, 0) is 25.8 Å². The fraction of sp³-hybridized carbons (Fsp3) is 0.600. The average molecular weight is 265 g/mol. The van der Waals surface area contributed by atoms with Gasteiger partial charge in [-0.3, -0.25) is 0 Å². The van der Waals surface area contributed by atoms with Crippen molar-refractivity contribution in [1.82, 2.24) is 5.32 Å². The van der Waals surface area contributed by atoms with Gasteiger partial charge in [0.15, 0.2) is 11.5 Å². The van der Waals surface area contributed by atoms with E-state index in [0.717, 1.165) is 36.6 Å². The Morgan fingerprint density at radius 1 is 1.37 bits per heavy atom. The molecule has 1 fully saturated rings. The van der Waals surface area contributed by atoms with Crippen LogP contribution in [-0.2, 0) is 11.3 Å². The molecule has 1 aromatic rings. The third-order valence-electron chi connectivity index (χ3n) is 3.62. The second kappa shape index (κ2) is 6.78. The van der Waals surface area contributed by atoms with Crippen molar-refractivity contribution >= 4 is 0 Å². The molecule has 19 heavy (non-hydrogen) atoms. The van der Waals surface area contributed by atoms with Crippen LogP contribution in [0.1, 0.15) is 25.3 Å². The molecule has 0 amide bonds. The standard InChI is InChI=1S/C15H23NO3/c1-11(13-8-5-9-19-13)16-10-12-6-4-7-14(17-2)15(12)18-3/h4,6-7,11,13,16H,5,8-10H2,1-3H3/t11-,13+/m0/s1. The third kappa shape index (κ3) is 3.39. The molecular weight excluding hydrogens is 242 g/mol. The van der Waals surface area contributed by atoms with Crippen LogP contribution in [0.3, 0.4) is 0 Å².